The molecule has 214 valence electrons. The molecule has 0 bridgehead atoms. The van der Waals surface area contributed by atoms with Crippen molar-refractivity contribution in [3.63, 3.8) is 0 Å². The number of hydrogen-bond acceptors (Lipinski definition) is 4. The summed E-state index contributed by atoms with van der Waals surface area (Å²) in [4.78, 5) is -1.45. The maximum absolute atomic E-state index is 13.7. The molecule has 38 heavy (non-hydrogen) atoms. The van der Waals surface area contributed by atoms with Crippen molar-refractivity contribution in [1.82, 2.24) is 0 Å². The van der Waals surface area contributed by atoms with Crippen molar-refractivity contribution in [2.24, 2.45) is 0 Å². The third-order valence-electron chi connectivity index (χ3n) is 4.00. The number of benzene rings is 1. The van der Waals surface area contributed by atoms with Gasteiger partial charge in [-0.25, -0.2) is 12.8 Å². The van der Waals surface area contributed by atoms with E-state index in [0.29, 0.717) is 12.1 Å². The Morgan fingerprint density at radius 1 is 0.684 bits per heavy atom. The molecule has 1 rings (SSSR count). The van der Waals surface area contributed by atoms with Gasteiger partial charge in [-0.05, 0) is 18.2 Å². The zero-order chi connectivity index (χ0) is 29.8. The van der Waals surface area contributed by atoms with Gasteiger partial charge in [0.2, 0.25) is 11.7 Å². The van der Waals surface area contributed by atoms with Gasteiger partial charge in [0.15, 0.2) is 0 Å². The Morgan fingerprint density at radius 3 is 1.50 bits per heavy atom. The summed E-state index contributed by atoms with van der Waals surface area (Å²) in [7, 11) is -5.48. The number of halogens is 17. The first-order valence-electron chi connectivity index (χ1n) is 8.15. The number of allylic oxidation sites excluding steroid dienone is 1. The maximum Gasteiger partial charge on any atom is 1.00 e. The molecule has 0 heterocycles. The molecule has 0 radical (unpaired) electrons. The van der Waals surface area contributed by atoms with E-state index in [1.54, 1.807) is 0 Å². The van der Waals surface area contributed by atoms with Crippen molar-refractivity contribution in [3.8, 4) is 5.75 Å². The number of rotatable bonds is 9. The monoisotopic (exact) mass is 642 g/mol. The van der Waals surface area contributed by atoms with Gasteiger partial charge >= 0.3 is 93.3 Å². The van der Waals surface area contributed by atoms with Crippen molar-refractivity contribution in [1.29, 1.82) is 0 Å². The summed E-state index contributed by atoms with van der Waals surface area (Å²) >= 11 is 0. The summed E-state index contributed by atoms with van der Waals surface area (Å²) in [6.07, 6.45) is -14.1. The summed E-state index contributed by atoms with van der Waals surface area (Å²) in [5.41, 5.74) is 0. The maximum atomic E-state index is 13.7. The van der Waals surface area contributed by atoms with E-state index in [-0.39, 0.29) is 63.5 Å². The summed E-state index contributed by atoms with van der Waals surface area (Å²) < 4.78 is 258. The Morgan fingerprint density at radius 2 is 1.11 bits per heavy atom. The van der Waals surface area contributed by atoms with Gasteiger partial charge in [0.1, 0.15) is 15.9 Å². The Kier molecular flexibility index (Phi) is 10.6. The quantitative estimate of drug-likeness (QED) is 0.235. The molecule has 0 atom stereocenters. The average molecular weight is 642 g/mol. The molecular formula is C15H4F17KO4S. The molecule has 0 N–H and O–H groups in total. The normalized spacial score (nSPS) is 15.5. The van der Waals surface area contributed by atoms with Crippen LogP contribution in [0.2, 0.25) is 0 Å². The van der Waals surface area contributed by atoms with Gasteiger partial charge in [-0.1, -0.05) is 6.07 Å². The molecule has 23 heteroatoms. The van der Waals surface area contributed by atoms with Gasteiger partial charge < -0.3 is 9.29 Å². The van der Waals surface area contributed by atoms with E-state index in [2.05, 4.69) is 4.74 Å². The minimum absolute atomic E-state index is 0. The fourth-order valence-electron chi connectivity index (χ4n) is 2.06. The largest absolute Gasteiger partial charge is 1.00 e. The first-order chi connectivity index (χ1) is 16.0. The molecule has 0 aliphatic carbocycles. The number of ether oxygens (including phenoxy) is 1. The molecule has 0 fully saturated rings. The van der Waals surface area contributed by atoms with Gasteiger partial charge in [0, 0.05) is 0 Å². The van der Waals surface area contributed by atoms with E-state index in [9.17, 15) is 87.6 Å². The average Bonchev–Trinajstić information content (AvgIpc) is 2.70. The molecule has 1 aromatic rings. The van der Waals surface area contributed by atoms with Crippen LogP contribution in [0.4, 0.5) is 74.6 Å². The van der Waals surface area contributed by atoms with Crippen LogP contribution in [0, 0.1) is 0 Å². The van der Waals surface area contributed by atoms with Crippen LogP contribution < -0.4 is 56.1 Å². The van der Waals surface area contributed by atoms with Crippen LogP contribution in [-0.4, -0.2) is 54.9 Å². The standard InChI is InChI=1S/C15H5F17O4S.K/c16-7(8(17)10(20,21)36-5-2-1-3-6(4-5)37(33,34)35)9(18,19)11(22,23)12(24,25)13(26,27)14(28,29)15(30,31)32;/h1-4H,(H,33,34,35);/q;+1/p-1/b8-7+;. The van der Waals surface area contributed by atoms with Crippen LogP contribution in [0.25, 0.3) is 0 Å². The van der Waals surface area contributed by atoms with Crippen molar-refractivity contribution in [2.75, 3.05) is 0 Å². The van der Waals surface area contributed by atoms with Crippen LogP contribution in [0.5, 0.6) is 5.75 Å². The van der Waals surface area contributed by atoms with E-state index >= 15 is 0 Å². The fraction of sp³-hybridized carbons (Fsp3) is 0.467. The third-order valence-corrected chi connectivity index (χ3v) is 4.83. The zero-order valence-electron chi connectivity index (χ0n) is 17.3. The summed E-state index contributed by atoms with van der Waals surface area (Å²) in [5, 5.41) is 0. The molecule has 1 aromatic carbocycles. The first kappa shape index (κ1) is 37.1. The van der Waals surface area contributed by atoms with Crippen molar-refractivity contribution >= 4 is 10.1 Å². The molecule has 0 amide bonds. The van der Waals surface area contributed by atoms with Crippen molar-refractivity contribution < 1.29 is 144 Å². The third kappa shape index (κ3) is 6.21. The van der Waals surface area contributed by atoms with Crippen LogP contribution in [0.1, 0.15) is 0 Å². The fourth-order valence-corrected chi connectivity index (χ4v) is 2.56. The Balaban J connectivity index is 0.0000137. The predicted molar refractivity (Wildman–Crippen MR) is 80.0 cm³/mol. The SMILES string of the molecule is O=S(=O)([O-])c1cccc(OC(F)(F)/C(F)=C(\F)C(F)(F)C(F)(F)C(F)(F)C(F)(F)C(F)(F)C(F)(F)F)c1.[K+]. The predicted octanol–water partition coefficient (Wildman–Crippen LogP) is 3.46. The second kappa shape index (κ2) is 10.8. The minimum atomic E-state index is -8.60. The van der Waals surface area contributed by atoms with E-state index in [1.165, 1.54) is 0 Å². The van der Waals surface area contributed by atoms with Gasteiger partial charge in [0.25, 0.3) is 0 Å². The number of hydrogen-bond donors (Lipinski definition) is 0. The van der Waals surface area contributed by atoms with Gasteiger partial charge in [-0.3, -0.25) is 0 Å². The molecule has 0 spiro atoms. The molecule has 0 saturated heterocycles. The second-order valence-electron chi connectivity index (χ2n) is 6.55. The van der Waals surface area contributed by atoms with Crippen molar-refractivity contribution in [3.05, 3.63) is 35.9 Å². The smallest absolute Gasteiger partial charge is 0.744 e. The summed E-state index contributed by atoms with van der Waals surface area (Å²) in [5.74, 6) is -53.2. The van der Waals surface area contributed by atoms with Crippen molar-refractivity contribution in [2.45, 2.75) is 46.8 Å². The Bertz CT molecular complexity index is 1160. The van der Waals surface area contributed by atoms with E-state index in [4.69, 9.17) is 0 Å². The van der Waals surface area contributed by atoms with Crippen LogP contribution in [0.3, 0.4) is 0 Å². The first-order valence-corrected chi connectivity index (χ1v) is 9.55. The van der Waals surface area contributed by atoms with E-state index < -0.39 is 74.3 Å². The van der Waals surface area contributed by atoms with Gasteiger partial charge in [-0.15, -0.1) is 0 Å². The topological polar surface area (TPSA) is 66.4 Å². The Labute approximate surface area is 241 Å². The van der Waals surface area contributed by atoms with Gasteiger partial charge in [0.05, 0.1) is 4.90 Å². The Hall–Kier alpha value is -0.884. The molecule has 0 saturated carbocycles. The van der Waals surface area contributed by atoms with Gasteiger partial charge in [-0.2, -0.15) is 70.2 Å². The van der Waals surface area contributed by atoms with E-state index in [1.807, 2.05) is 0 Å². The molecule has 0 aliphatic heterocycles. The van der Waals surface area contributed by atoms with Crippen LogP contribution in [-0.2, 0) is 10.1 Å². The molecule has 4 nitrogen and oxygen atoms in total. The van der Waals surface area contributed by atoms with Crippen LogP contribution in [0.15, 0.2) is 40.8 Å². The summed E-state index contributed by atoms with van der Waals surface area (Å²) in [6.45, 7) is 0. The molecule has 0 aliphatic rings. The molecule has 0 aromatic heterocycles. The summed E-state index contributed by atoms with van der Waals surface area (Å²) in [6, 6.07) is 0.713. The number of alkyl halides is 15. The molecule has 0 unspecified atom stereocenters. The van der Waals surface area contributed by atoms with Crippen LogP contribution >= 0.6 is 0 Å². The zero-order valence-corrected chi connectivity index (χ0v) is 21.2. The minimum Gasteiger partial charge on any atom is -0.744 e. The van der Waals surface area contributed by atoms with E-state index in [0.717, 1.165) is 0 Å². The second-order valence-corrected chi connectivity index (χ2v) is 7.93. The molecular weight excluding hydrogens is 638 g/mol.